The summed E-state index contributed by atoms with van der Waals surface area (Å²) < 4.78 is 5.17. The first-order chi connectivity index (χ1) is 9.04. The number of amides is 2. The number of rotatable bonds is 6. The minimum atomic E-state index is -1.08. The highest BCUT2D eigenvalue weighted by molar-refractivity contribution is 5.99. The van der Waals surface area contributed by atoms with Gasteiger partial charge in [0.2, 0.25) is 0 Å². The molecule has 0 radical (unpaired) electrons. The van der Waals surface area contributed by atoms with E-state index in [9.17, 15) is 9.59 Å². The van der Waals surface area contributed by atoms with Gasteiger partial charge in [-0.05, 0) is 26.0 Å². The molecular formula is C13H18N2O4. The van der Waals surface area contributed by atoms with Gasteiger partial charge in [-0.2, -0.15) is 0 Å². The van der Waals surface area contributed by atoms with Crippen molar-refractivity contribution in [2.75, 3.05) is 18.5 Å². The molecule has 1 aromatic carbocycles. The fourth-order valence-corrected chi connectivity index (χ4v) is 1.50. The van der Waals surface area contributed by atoms with Gasteiger partial charge in [-0.25, -0.2) is 9.59 Å². The molecule has 1 aromatic rings. The highest BCUT2D eigenvalue weighted by Gasteiger charge is 2.12. The van der Waals surface area contributed by atoms with Gasteiger partial charge in [-0.3, -0.25) is 0 Å². The van der Waals surface area contributed by atoms with E-state index in [1.54, 1.807) is 19.1 Å². The number of hydrogen-bond acceptors (Lipinski definition) is 3. The Kier molecular flexibility index (Phi) is 5.81. The van der Waals surface area contributed by atoms with E-state index < -0.39 is 12.0 Å². The summed E-state index contributed by atoms with van der Waals surface area (Å²) in [6.07, 6.45) is 0. The predicted octanol–water partition coefficient (Wildman–Crippen LogP) is 1.93. The summed E-state index contributed by atoms with van der Waals surface area (Å²) in [6.45, 7) is 4.66. The van der Waals surface area contributed by atoms with E-state index in [-0.39, 0.29) is 17.3 Å². The molecule has 6 heteroatoms. The van der Waals surface area contributed by atoms with Crippen LogP contribution in [0, 0.1) is 0 Å². The molecule has 0 aliphatic heterocycles. The number of carboxylic acids is 1. The molecule has 0 aromatic heterocycles. The Labute approximate surface area is 111 Å². The van der Waals surface area contributed by atoms with E-state index in [0.29, 0.717) is 13.2 Å². The fraction of sp³-hybridized carbons (Fsp3) is 0.385. The van der Waals surface area contributed by atoms with Crippen molar-refractivity contribution in [1.29, 1.82) is 0 Å². The SMILES string of the molecule is CCOCC(C)NC(=O)Nc1ccccc1C(=O)O. The van der Waals surface area contributed by atoms with E-state index in [1.807, 2.05) is 6.92 Å². The second kappa shape index (κ2) is 7.38. The Morgan fingerprint density at radius 3 is 2.68 bits per heavy atom. The summed E-state index contributed by atoms with van der Waals surface area (Å²) in [5.74, 6) is -1.08. The summed E-state index contributed by atoms with van der Waals surface area (Å²) in [4.78, 5) is 22.7. The molecule has 6 nitrogen and oxygen atoms in total. The lowest BCUT2D eigenvalue weighted by Crippen LogP contribution is -2.39. The van der Waals surface area contributed by atoms with Gasteiger partial charge in [0, 0.05) is 6.61 Å². The number of hydrogen-bond donors (Lipinski definition) is 3. The minimum Gasteiger partial charge on any atom is -0.478 e. The number of carbonyl (C=O) groups is 2. The van der Waals surface area contributed by atoms with Crippen LogP contribution in [-0.4, -0.2) is 36.4 Å². The second-order valence-electron chi connectivity index (χ2n) is 4.01. The number of carbonyl (C=O) groups excluding carboxylic acids is 1. The third-order valence-electron chi connectivity index (χ3n) is 2.36. The summed E-state index contributed by atoms with van der Waals surface area (Å²) in [5.41, 5.74) is 0.311. The highest BCUT2D eigenvalue weighted by atomic mass is 16.5. The maximum atomic E-state index is 11.7. The molecule has 0 aliphatic carbocycles. The van der Waals surface area contributed by atoms with Gasteiger partial charge < -0.3 is 20.5 Å². The monoisotopic (exact) mass is 266 g/mol. The summed E-state index contributed by atoms with van der Waals surface area (Å²) in [5, 5.41) is 14.2. The van der Waals surface area contributed by atoms with Crippen LogP contribution in [0.4, 0.5) is 10.5 Å². The molecule has 3 N–H and O–H groups in total. The lowest BCUT2D eigenvalue weighted by atomic mass is 10.2. The summed E-state index contributed by atoms with van der Waals surface area (Å²) >= 11 is 0. The van der Waals surface area contributed by atoms with E-state index >= 15 is 0 Å². The Morgan fingerprint density at radius 2 is 2.05 bits per heavy atom. The number of carboxylic acid groups (broad SMARTS) is 1. The highest BCUT2D eigenvalue weighted by Crippen LogP contribution is 2.14. The van der Waals surface area contributed by atoms with Crippen LogP contribution in [0.3, 0.4) is 0 Å². The number of para-hydroxylation sites is 1. The van der Waals surface area contributed by atoms with Crippen LogP contribution in [0.25, 0.3) is 0 Å². The molecule has 104 valence electrons. The molecule has 0 heterocycles. The van der Waals surface area contributed by atoms with Crippen molar-refractivity contribution in [2.24, 2.45) is 0 Å². The van der Waals surface area contributed by atoms with Crippen molar-refractivity contribution >= 4 is 17.7 Å². The second-order valence-corrected chi connectivity index (χ2v) is 4.01. The summed E-state index contributed by atoms with van der Waals surface area (Å²) in [7, 11) is 0. The van der Waals surface area contributed by atoms with Crippen LogP contribution in [0.1, 0.15) is 24.2 Å². The molecule has 0 aliphatic rings. The van der Waals surface area contributed by atoms with Crippen molar-refractivity contribution in [3.8, 4) is 0 Å². The molecule has 2 amide bonds. The first-order valence-electron chi connectivity index (χ1n) is 6.02. The van der Waals surface area contributed by atoms with Gasteiger partial charge in [0.05, 0.1) is 23.9 Å². The van der Waals surface area contributed by atoms with Crippen LogP contribution in [0.15, 0.2) is 24.3 Å². The van der Waals surface area contributed by atoms with Crippen LogP contribution in [0.2, 0.25) is 0 Å². The van der Waals surface area contributed by atoms with Gasteiger partial charge in [0.25, 0.3) is 0 Å². The molecule has 0 fully saturated rings. The zero-order valence-electron chi connectivity index (χ0n) is 11.0. The average Bonchev–Trinajstić information content (AvgIpc) is 2.36. The lowest BCUT2D eigenvalue weighted by Gasteiger charge is -2.15. The van der Waals surface area contributed by atoms with Gasteiger partial charge in [0.15, 0.2) is 0 Å². The third kappa shape index (κ3) is 4.97. The molecule has 0 saturated carbocycles. The van der Waals surface area contributed by atoms with Crippen LogP contribution in [-0.2, 0) is 4.74 Å². The first-order valence-corrected chi connectivity index (χ1v) is 6.02. The van der Waals surface area contributed by atoms with Gasteiger partial charge in [0.1, 0.15) is 0 Å². The maximum absolute atomic E-state index is 11.7. The third-order valence-corrected chi connectivity index (χ3v) is 2.36. The first kappa shape index (κ1) is 15.0. The number of ether oxygens (including phenoxy) is 1. The molecule has 1 rings (SSSR count). The van der Waals surface area contributed by atoms with Crippen LogP contribution in [0.5, 0.6) is 0 Å². The number of aromatic carboxylic acids is 1. The van der Waals surface area contributed by atoms with Crippen LogP contribution < -0.4 is 10.6 Å². The van der Waals surface area contributed by atoms with E-state index in [4.69, 9.17) is 9.84 Å². The van der Waals surface area contributed by atoms with E-state index in [2.05, 4.69) is 10.6 Å². The summed E-state index contributed by atoms with van der Waals surface area (Å²) in [6, 6.07) is 5.62. The Hall–Kier alpha value is -2.08. The topological polar surface area (TPSA) is 87.7 Å². The Balaban J connectivity index is 2.60. The molecular weight excluding hydrogens is 248 g/mol. The molecule has 19 heavy (non-hydrogen) atoms. The van der Waals surface area contributed by atoms with Gasteiger partial charge >= 0.3 is 12.0 Å². The largest absolute Gasteiger partial charge is 0.478 e. The predicted molar refractivity (Wildman–Crippen MR) is 71.5 cm³/mol. The Morgan fingerprint density at radius 1 is 1.37 bits per heavy atom. The number of nitrogens with one attached hydrogen (secondary N) is 2. The number of benzene rings is 1. The standard InChI is InChI=1S/C13H18N2O4/c1-3-19-8-9(2)14-13(18)15-11-7-5-4-6-10(11)12(16)17/h4-7,9H,3,8H2,1-2H3,(H,16,17)(H2,14,15,18). The zero-order chi connectivity index (χ0) is 14.3. The lowest BCUT2D eigenvalue weighted by molar-refractivity contribution is 0.0698. The molecule has 0 saturated heterocycles. The molecule has 1 atom stereocenters. The molecule has 1 unspecified atom stereocenters. The van der Waals surface area contributed by atoms with Crippen molar-refractivity contribution in [3.63, 3.8) is 0 Å². The van der Waals surface area contributed by atoms with Gasteiger partial charge in [-0.1, -0.05) is 12.1 Å². The molecule has 0 spiro atoms. The fourth-order valence-electron chi connectivity index (χ4n) is 1.50. The van der Waals surface area contributed by atoms with Crippen molar-refractivity contribution in [2.45, 2.75) is 19.9 Å². The Bertz CT molecular complexity index is 448. The van der Waals surface area contributed by atoms with Gasteiger partial charge in [-0.15, -0.1) is 0 Å². The number of urea groups is 1. The average molecular weight is 266 g/mol. The minimum absolute atomic E-state index is 0.0510. The maximum Gasteiger partial charge on any atom is 0.337 e. The zero-order valence-corrected chi connectivity index (χ0v) is 11.0. The molecule has 0 bridgehead atoms. The smallest absolute Gasteiger partial charge is 0.337 e. The quantitative estimate of drug-likeness (QED) is 0.734. The van der Waals surface area contributed by atoms with Crippen molar-refractivity contribution in [1.82, 2.24) is 5.32 Å². The van der Waals surface area contributed by atoms with Crippen LogP contribution >= 0.6 is 0 Å². The van der Waals surface area contributed by atoms with E-state index in [0.717, 1.165) is 0 Å². The number of anilines is 1. The van der Waals surface area contributed by atoms with E-state index in [1.165, 1.54) is 12.1 Å². The van der Waals surface area contributed by atoms with Crippen molar-refractivity contribution in [3.05, 3.63) is 29.8 Å². The normalized spacial score (nSPS) is 11.7. The van der Waals surface area contributed by atoms with Crippen molar-refractivity contribution < 1.29 is 19.4 Å².